The highest BCUT2D eigenvalue weighted by molar-refractivity contribution is 9.10. The van der Waals surface area contributed by atoms with Crippen LogP contribution in [0.15, 0.2) is 59.3 Å². The van der Waals surface area contributed by atoms with E-state index < -0.39 is 0 Å². The molecule has 0 spiro atoms. The van der Waals surface area contributed by atoms with E-state index >= 15 is 0 Å². The van der Waals surface area contributed by atoms with E-state index in [0.29, 0.717) is 6.61 Å². The Morgan fingerprint density at radius 2 is 2.10 bits per heavy atom. The third kappa shape index (κ3) is 4.26. The fourth-order valence-corrected chi connectivity index (χ4v) is 4.30. The Bertz CT molecular complexity index is 1220. The Labute approximate surface area is 189 Å². The van der Waals surface area contributed by atoms with Crippen molar-refractivity contribution in [1.82, 2.24) is 19.7 Å². The van der Waals surface area contributed by atoms with Crippen molar-refractivity contribution in [2.75, 3.05) is 13.7 Å². The molecule has 6 nitrogen and oxygen atoms in total. The lowest BCUT2D eigenvalue weighted by atomic mass is 10.0. The number of fused-ring (bicyclic) bond motifs is 1. The quantitative estimate of drug-likeness (QED) is 0.364. The normalized spacial score (nSPS) is 16.6. The summed E-state index contributed by atoms with van der Waals surface area (Å²) in [6.45, 7) is 1.33. The topological polar surface area (TPSA) is 62.1 Å². The fraction of sp³-hybridized carbons (Fsp3) is 0.292. The molecule has 0 saturated carbocycles. The Kier molecular flexibility index (Phi) is 5.80. The van der Waals surface area contributed by atoms with Crippen molar-refractivity contribution in [2.24, 2.45) is 0 Å². The van der Waals surface area contributed by atoms with Gasteiger partial charge in [-0.25, -0.2) is 9.67 Å². The first-order valence-corrected chi connectivity index (χ1v) is 11.2. The van der Waals surface area contributed by atoms with E-state index in [1.54, 1.807) is 13.3 Å². The maximum atomic E-state index is 6.00. The molecule has 3 aromatic heterocycles. The number of hydrogen-bond acceptors (Lipinski definition) is 5. The van der Waals surface area contributed by atoms with Crippen LogP contribution in [0.4, 0.5) is 0 Å². The largest absolute Gasteiger partial charge is 0.380 e. The molecule has 1 atom stereocenters. The number of pyridine rings is 2. The summed E-state index contributed by atoms with van der Waals surface area (Å²) in [5.41, 5.74) is 6.57. The van der Waals surface area contributed by atoms with Crippen LogP contribution in [0.2, 0.25) is 0 Å². The van der Waals surface area contributed by atoms with E-state index in [1.165, 1.54) is 0 Å². The molecule has 0 amide bonds. The maximum Gasteiger partial charge on any atom is 0.150 e. The van der Waals surface area contributed by atoms with Crippen molar-refractivity contribution in [2.45, 2.75) is 32.1 Å². The fourth-order valence-electron chi connectivity index (χ4n) is 3.98. The summed E-state index contributed by atoms with van der Waals surface area (Å²) in [4.78, 5) is 9.34. The van der Waals surface area contributed by atoms with E-state index in [0.717, 1.165) is 69.5 Å². The highest BCUT2D eigenvalue weighted by Gasteiger charge is 2.21. The van der Waals surface area contributed by atoms with Crippen LogP contribution in [0, 0.1) is 0 Å². The number of benzene rings is 1. The lowest BCUT2D eigenvalue weighted by molar-refractivity contribution is -0.0393. The van der Waals surface area contributed by atoms with Crippen LogP contribution in [0.5, 0.6) is 0 Å². The molecular weight excluding hydrogens is 456 g/mol. The van der Waals surface area contributed by atoms with Gasteiger partial charge in [0.2, 0.25) is 0 Å². The second kappa shape index (κ2) is 8.86. The highest BCUT2D eigenvalue weighted by Crippen LogP contribution is 2.34. The van der Waals surface area contributed by atoms with Crippen molar-refractivity contribution in [3.63, 3.8) is 0 Å². The third-order valence-electron chi connectivity index (χ3n) is 5.47. The monoisotopic (exact) mass is 478 g/mol. The predicted molar refractivity (Wildman–Crippen MR) is 123 cm³/mol. The summed E-state index contributed by atoms with van der Waals surface area (Å²) in [6.07, 6.45) is 7.02. The highest BCUT2D eigenvalue weighted by atomic mass is 79.9. The van der Waals surface area contributed by atoms with Crippen LogP contribution < -0.4 is 0 Å². The zero-order valence-electron chi connectivity index (χ0n) is 17.3. The molecule has 1 fully saturated rings. The first-order valence-electron chi connectivity index (χ1n) is 10.4. The SMILES string of the molecule is COCc1cccc(-c2nn(C3CCCCO3)cc2-c2ccc3ncc(Br)cc3n2)c1. The average Bonchev–Trinajstić information content (AvgIpc) is 3.25. The van der Waals surface area contributed by atoms with Gasteiger partial charge in [-0.3, -0.25) is 4.98 Å². The molecule has 1 aliphatic heterocycles. The summed E-state index contributed by atoms with van der Waals surface area (Å²) in [5.74, 6) is 0. The molecule has 4 aromatic rings. The summed E-state index contributed by atoms with van der Waals surface area (Å²) in [5, 5.41) is 4.97. The van der Waals surface area contributed by atoms with E-state index in [1.807, 2.05) is 28.9 Å². The zero-order chi connectivity index (χ0) is 21.2. The Hall–Kier alpha value is -2.61. The Balaban J connectivity index is 1.64. The molecule has 7 heteroatoms. The molecule has 1 aliphatic rings. The van der Waals surface area contributed by atoms with Crippen molar-refractivity contribution in [1.29, 1.82) is 0 Å². The van der Waals surface area contributed by atoms with Gasteiger partial charge in [0, 0.05) is 41.7 Å². The van der Waals surface area contributed by atoms with Gasteiger partial charge < -0.3 is 9.47 Å². The number of aromatic nitrogens is 4. The minimum atomic E-state index is -0.0420. The summed E-state index contributed by atoms with van der Waals surface area (Å²) >= 11 is 3.50. The molecule has 0 bridgehead atoms. The number of rotatable bonds is 5. The lowest BCUT2D eigenvalue weighted by Crippen LogP contribution is -2.18. The van der Waals surface area contributed by atoms with Gasteiger partial charge in [0.25, 0.3) is 0 Å². The third-order valence-corrected chi connectivity index (χ3v) is 5.91. The lowest BCUT2D eigenvalue weighted by Gasteiger charge is -2.22. The number of hydrogen-bond donors (Lipinski definition) is 0. The van der Waals surface area contributed by atoms with Gasteiger partial charge in [-0.05, 0) is 65.0 Å². The molecule has 0 aliphatic carbocycles. The molecule has 5 rings (SSSR count). The first-order chi connectivity index (χ1) is 15.2. The predicted octanol–water partition coefficient (Wildman–Crippen LogP) is 5.77. The number of methoxy groups -OCH3 is 1. The van der Waals surface area contributed by atoms with Crippen molar-refractivity contribution >= 4 is 27.0 Å². The van der Waals surface area contributed by atoms with E-state index in [2.05, 4.69) is 45.3 Å². The molecule has 31 heavy (non-hydrogen) atoms. The molecule has 0 N–H and O–H groups in total. The van der Waals surface area contributed by atoms with E-state index in [9.17, 15) is 0 Å². The molecular formula is C24H23BrN4O2. The van der Waals surface area contributed by atoms with Gasteiger partial charge in [0.15, 0.2) is 0 Å². The number of nitrogens with zero attached hydrogens (tertiary/aromatic N) is 4. The smallest absolute Gasteiger partial charge is 0.150 e. The first kappa shape index (κ1) is 20.3. The van der Waals surface area contributed by atoms with E-state index in [-0.39, 0.29) is 6.23 Å². The molecule has 1 aromatic carbocycles. The Morgan fingerprint density at radius 1 is 1.16 bits per heavy atom. The van der Waals surface area contributed by atoms with Gasteiger partial charge >= 0.3 is 0 Å². The van der Waals surface area contributed by atoms with Crippen LogP contribution in [0.1, 0.15) is 31.1 Å². The van der Waals surface area contributed by atoms with E-state index in [4.69, 9.17) is 19.6 Å². The second-order valence-electron chi connectivity index (χ2n) is 7.71. The van der Waals surface area contributed by atoms with Crippen LogP contribution in [-0.4, -0.2) is 33.5 Å². The zero-order valence-corrected chi connectivity index (χ0v) is 18.9. The van der Waals surface area contributed by atoms with Crippen molar-refractivity contribution < 1.29 is 9.47 Å². The number of ether oxygens (including phenoxy) is 2. The van der Waals surface area contributed by atoms with Crippen LogP contribution >= 0.6 is 15.9 Å². The number of halogens is 1. The molecule has 0 radical (unpaired) electrons. The summed E-state index contributed by atoms with van der Waals surface area (Å²) < 4.78 is 14.2. The van der Waals surface area contributed by atoms with Gasteiger partial charge in [-0.2, -0.15) is 5.10 Å². The maximum absolute atomic E-state index is 6.00. The summed E-state index contributed by atoms with van der Waals surface area (Å²) in [6, 6.07) is 14.3. The van der Waals surface area contributed by atoms with Gasteiger partial charge in [0.1, 0.15) is 11.9 Å². The van der Waals surface area contributed by atoms with Crippen LogP contribution in [-0.2, 0) is 16.1 Å². The van der Waals surface area contributed by atoms with Crippen molar-refractivity contribution in [3.8, 4) is 22.5 Å². The van der Waals surface area contributed by atoms with Crippen molar-refractivity contribution in [3.05, 3.63) is 64.9 Å². The van der Waals surface area contributed by atoms with Crippen LogP contribution in [0.25, 0.3) is 33.5 Å². The Morgan fingerprint density at radius 3 is 2.94 bits per heavy atom. The minimum absolute atomic E-state index is 0.0420. The van der Waals surface area contributed by atoms with Gasteiger partial charge in [-0.15, -0.1) is 0 Å². The second-order valence-corrected chi connectivity index (χ2v) is 8.63. The molecule has 1 unspecified atom stereocenters. The van der Waals surface area contributed by atoms with Crippen LogP contribution in [0.3, 0.4) is 0 Å². The minimum Gasteiger partial charge on any atom is -0.380 e. The van der Waals surface area contributed by atoms with Gasteiger partial charge in [0.05, 0.1) is 23.3 Å². The summed E-state index contributed by atoms with van der Waals surface area (Å²) in [7, 11) is 1.71. The molecule has 1 saturated heterocycles. The standard InChI is InChI=1S/C24H23BrN4O2/c1-30-15-16-5-4-6-17(11-16)24-19(14-29(28-24)23-7-2-3-10-31-23)20-8-9-21-22(27-20)12-18(25)13-26-21/h4-6,8-9,11-14,23H,2-3,7,10,15H2,1H3. The molecule has 158 valence electrons. The molecule has 4 heterocycles. The average molecular weight is 479 g/mol. The van der Waals surface area contributed by atoms with Gasteiger partial charge in [-0.1, -0.05) is 18.2 Å².